The van der Waals surface area contributed by atoms with Crippen LogP contribution in [0.3, 0.4) is 0 Å². The molecule has 4 heterocycles. The molecule has 1 N–H and O–H groups in total. The summed E-state index contributed by atoms with van der Waals surface area (Å²) in [5.74, 6) is 0. The number of rotatable bonds is 5. The van der Waals surface area contributed by atoms with Crippen LogP contribution in [0.15, 0.2) is 11.4 Å². The molecule has 5 nitrogen and oxygen atoms in total. The standard InChI is InChI=1S/C19H31N3O2S/c23-19-14-21(13-18(19)22-6-8-24-9-7-22)12-17-10-16(15-25-17)11-20-4-2-1-3-5-20/h10,15,18-19,23H,1-9,11-14H2/t18-,19-/m0/s1. The molecule has 3 saturated heterocycles. The zero-order valence-corrected chi connectivity index (χ0v) is 15.9. The largest absolute Gasteiger partial charge is 0.390 e. The highest BCUT2D eigenvalue weighted by molar-refractivity contribution is 7.10. The Labute approximate surface area is 155 Å². The molecule has 6 heteroatoms. The van der Waals surface area contributed by atoms with Gasteiger partial charge in [-0.15, -0.1) is 11.3 Å². The lowest BCUT2D eigenvalue weighted by atomic mass is 10.1. The number of thiophene rings is 1. The smallest absolute Gasteiger partial charge is 0.0834 e. The Morgan fingerprint density at radius 2 is 1.80 bits per heavy atom. The summed E-state index contributed by atoms with van der Waals surface area (Å²) in [5.41, 5.74) is 1.46. The molecule has 1 aromatic rings. The van der Waals surface area contributed by atoms with Crippen molar-refractivity contribution in [3.05, 3.63) is 21.9 Å². The van der Waals surface area contributed by atoms with Gasteiger partial charge in [0.25, 0.3) is 0 Å². The van der Waals surface area contributed by atoms with Gasteiger partial charge in [-0.05, 0) is 42.9 Å². The predicted molar refractivity (Wildman–Crippen MR) is 101 cm³/mol. The van der Waals surface area contributed by atoms with Crippen LogP contribution in [0.2, 0.25) is 0 Å². The molecular weight excluding hydrogens is 334 g/mol. The first kappa shape index (κ1) is 17.9. The molecule has 0 spiro atoms. The first-order chi connectivity index (χ1) is 12.3. The van der Waals surface area contributed by atoms with Crippen molar-refractivity contribution in [1.82, 2.24) is 14.7 Å². The molecule has 0 bridgehead atoms. The van der Waals surface area contributed by atoms with E-state index in [2.05, 4.69) is 26.1 Å². The minimum atomic E-state index is -0.231. The topological polar surface area (TPSA) is 39.2 Å². The van der Waals surface area contributed by atoms with Gasteiger partial charge < -0.3 is 9.84 Å². The fourth-order valence-corrected chi connectivity index (χ4v) is 5.35. The Morgan fingerprint density at radius 3 is 2.60 bits per heavy atom. The molecule has 140 valence electrons. The molecular formula is C19H31N3O2S. The third-order valence-electron chi connectivity index (χ3n) is 5.79. The van der Waals surface area contributed by atoms with Crippen molar-refractivity contribution in [1.29, 1.82) is 0 Å². The number of morpholine rings is 1. The highest BCUT2D eigenvalue weighted by Gasteiger charge is 2.36. The molecule has 2 atom stereocenters. The summed E-state index contributed by atoms with van der Waals surface area (Å²) in [5, 5.41) is 12.8. The maximum atomic E-state index is 10.5. The number of hydrogen-bond donors (Lipinski definition) is 1. The van der Waals surface area contributed by atoms with E-state index < -0.39 is 0 Å². The number of β-amino-alcohol motifs (C(OH)–C–C–N with tert-alkyl or cyclic N) is 1. The van der Waals surface area contributed by atoms with Crippen LogP contribution in [0.25, 0.3) is 0 Å². The lowest BCUT2D eigenvalue weighted by Gasteiger charge is -2.33. The van der Waals surface area contributed by atoms with Crippen LogP contribution in [-0.4, -0.2) is 84.4 Å². The van der Waals surface area contributed by atoms with Crippen molar-refractivity contribution in [2.75, 3.05) is 52.5 Å². The van der Waals surface area contributed by atoms with E-state index >= 15 is 0 Å². The van der Waals surface area contributed by atoms with Crippen molar-refractivity contribution >= 4 is 11.3 Å². The Balaban J connectivity index is 1.29. The highest BCUT2D eigenvalue weighted by atomic mass is 32.1. The van der Waals surface area contributed by atoms with E-state index in [1.807, 2.05) is 11.3 Å². The number of ether oxygens (including phenoxy) is 1. The van der Waals surface area contributed by atoms with E-state index in [0.29, 0.717) is 0 Å². The first-order valence-corrected chi connectivity index (χ1v) is 10.7. The van der Waals surface area contributed by atoms with E-state index in [4.69, 9.17) is 4.74 Å². The van der Waals surface area contributed by atoms with Gasteiger partial charge in [0.15, 0.2) is 0 Å². The molecule has 0 saturated carbocycles. The monoisotopic (exact) mass is 365 g/mol. The first-order valence-electron chi connectivity index (χ1n) is 9.79. The minimum absolute atomic E-state index is 0.231. The van der Waals surface area contributed by atoms with E-state index in [1.54, 1.807) is 0 Å². The van der Waals surface area contributed by atoms with Gasteiger partial charge >= 0.3 is 0 Å². The summed E-state index contributed by atoms with van der Waals surface area (Å²) in [4.78, 5) is 8.84. The number of aliphatic hydroxyl groups is 1. The number of nitrogens with zero attached hydrogens (tertiary/aromatic N) is 3. The second-order valence-corrected chi connectivity index (χ2v) is 8.73. The maximum Gasteiger partial charge on any atom is 0.0834 e. The number of hydrogen-bond acceptors (Lipinski definition) is 6. The van der Waals surface area contributed by atoms with Gasteiger partial charge in [-0.3, -0.25) is 14.7 Å². The molecule has 0 amide bonds. The summed E-state index contributed by atoms with van der Waals surface area (Å²) in [6.45, 7) is 9.86. The van der Waals surface area contributed by atoms with Crippen LogP contribution in [0.5, 0.6) is 0 Å². The fraction of sp³-hybridized carbons (Fsp3) is 0.789. The van der Waals surface area contributed by atoms with E-state index in [0.717, 1.165) is 52.5 Å². The molecule has 4 rings (SSSR count). The fourth-order valence-electron chi connectivity index (χ4n) is 4.43. The molecule has 3 aliphatic heterocycles. The normalized spacial score (nSPS) is 30.1. The van der Waals surface area contributed by atoms with Crippen LogP contribution >= 0.6 is 11.3 Å². The number of aliphatic hydroxyl groups excluding tert-OH is 1. The van der Waals surface area contributed by atoms with Crippen LogP contribution in [0, 0.1) is 0 Å². The number of likely N-dealkylation sites (tertiary alicyclic amines) is 2. The Hall–Kier alpha value is -0.500. The molecule has 0 unspecified atom stereocenters. The molecule has 3 aliphatic rings. The third-order valence-corrected chi connectivity index (χ3v) is 6.76. The summed E-state index contributed by atoms with van der Waals surface area (Å²) >= 11 is 1.88. The van der Waals surface area contributed by atoms with Gasteiger partial charge in [-0.25, -0.2) is 0 Å². The summed E-state index contributed by atoms with van der Waals surface area (Å²) in [6, 6.07) is 2.66. The van der Waals surface area contributed by atoms with Gasteiger partial charge in [-0.2, -0.15) is 0 Å². The lowest BCUT2D eigenvalue weighted by Crippen LogP contribution is -2.48. The molecule has 1 aromatic heterocycles. The minimum Gasteiger partial charge on any atom is -0.390 e. The molecule has 0 aliphatic carbocycles. The van der Waals surface area contributed by atoms with E-state index in [1.165, 1.54) is 42.8 Å². The van der Waals surface area contributed by atoms with Crippen molar-refractivity contribution < 1.29 is 9.84 Å². The summed E-state index contributed by atoms with van der Waals surface area (Å²) < 4.78 is 5.44. The molecule has 25 heavy (non-hydrogen) atoms. The Morgan fingerprint density at radius 1 is 1.00 bits per heavy atom. The second-order valence-electron chi connectivity index (χ2n) is 7.74. The molecule has 3 fully saturated rings. The average molecular weight is 366 g/mol. The van der Waals surface area contributed by atoms with Crippen LogP contribution < -0.4 is 0 Å². The third kappa shape index (κ3) is 4.62. The van der Waals surface area contributed by atoms with Gasteiger partial charge in [0.05, 0.1) is 19.3 Å². The van der Waals surface area contributed by atoms with Crippen LogP contribution in [0.4, 0.5) is 0 Å². The SMILES string of the molecule is O[C@H]1CN(Cc2cc(CN3CCCCC3)cs2)C[C@@H]1N1CCOCC1. The average Bonchev–Trinajstić information content (AvgIpc) is 3.23. The van der Waals surface area contributed by atoms with E-state index in [-0.39, 0.29) is 12.1 Å². The van der Waals surface area contributed by atoms with Crippen molar-refractivity contribution in [3.8, 4) is 0 Å². The predicted octanol–water partition coefficient (Wildman–Crippen LogP) is 1.61. The van der Waals surface area contributed by atoms with Crippen molar-refractivity contribution in [3.63, 3.8) is 0 Å². The van der Waals surface area contributed by atoms with Gasteiger partial charge in [0.1, 0.15) is 0 Å². The molecule has 0 radical (unpaired) electrons. The van der Waals surface area contributed by atoms with Crippen molar-refractivity contribution in [2.45, 2.75) is 44.5 Å². The zero-order chi connectivity index (χ0) is 17.1. The lowest BCUT2D eigenvalue weighted by molar-refractivity contribution is -0.00617. The van der Waals surface area contributed by atoms with Gasteiger partial charge in [0, 0.05) is 50.2 Å². The van der Waals surface area contributed by atoms with Crippen LogP contribution in [-0.2, 0) is 17.8 Å². The second kappa shape index (κ2) is 8.46. The summed E-state index contributed by atoms with van der Waals surface area (Å²) in [7, 11) is 0. The van der Waals surface area contributed by atoms with Gasteiger partial charge in [0.2, 0.25) is 0 Å². The Bertz CT molecular complexity index is 541. The van der Waals surface area contributed by atoms with Crippen LogP contribution in [0.1, 0.15) is 29.7 Å². The maximum absolute atomic E-state index is 10.5. The van der Waals surface area contributed by atoms with Gasteiger partial charge in [-0.1, -0.05) is 6.42 Å². The molecule has 0 aromatic carbocycles. The quantitative estimate of drug-likeness (QED) is 0.858. The Kier molecular flexibility index (Phi) is 6.05. The summed E-state index contributed by atoms with van der Waals surface area (Å²) in [6.07, 6.45) is 3.87. The number of piperidine rings is 1. The highest BCUT2D eigenvalue weighted by Crippen LogP contribution is 2.24. The zero-order valence-electron chi connectivity index (χ0n) is 15.1. The van der Waals surface area contributed by atoms with Crippen molar-refractivity contribution in [2.24, 2.45) is 0 Å². The van der Waals surface area contributed by atoms with E-state index in [9.17, 15) is 5.11 Å².